The van der Waals surface area contributed by atoms with E-state index in [9.17, 15) is 34.5 Å². The first-order valence-corrected chi connectivity index (χ1v) is 20.1. The second-order valence-corrected chi connectivity index (χ2v) is 16.0. The number of carbonyl (C=O) groups is 4. The first-order chi connectivity index (χ1) is 26.9. The molecule has 0 aliphatic carbocycles. The van der Waals surface area contributed by atoms with Crippen molar-refractivity contribution in [1.82, 2.24) is 4.90 Å². The highest BCUT2D eigenvalue weighted by atomic mass is 16.7. The molecule has 2 fully saturated rings. The van der Waals surface area contributed by atoms with E-state index in [1.807, 2.05) is 13.0 Å². The first kappa shape index (κ1) is 48.6. The van der Waals surface area contributed by atoms with E-state index in [0.717, 1.165) is 0 Å². The zero-order valence-electron chi connectivity index (χ0n) is 35.2. The largest absolute Gasteiger partial charge is 0.462 e. The maximum Gasteiger partial charge on any atom is 0.309 e. The van der Waals surface area contributed by atoms with E-state index in [1.54, 1.807) is 78.8 Å². The number of rotatable bonds is 12. The minimum absolute atomic E-state index is 0.000633. The van der Waals surface area contributed by atoms with E-state index in [1.165, 1.54) is 7.11 Å². The summed E-state index contributed by atoms with van der Waals surface area (Å²) in [6.45, 7) is 11.8. The van der Waals surface area contributed by atoms with E-state index in [2.05, 4.69) is 0 Å². The van der Waals surface area contributed by atoms with Gasteiger partial charge in [0.1, 0.15) is 42.4 Å². The van der Waals surface area contributed by atoms with E-state index in [0.29, 0.717) is 12.7 Å². The van der Waals surface area contributed by atoms with Crippen molar-refractivity contribution >= 4 is 24.2 Å². The van der Waals surface area contributed by atoms with Crippen LogP contribution in [0.15, 0.2) is 24.3 Å². The third-order valence-electron chi connectivity index (χ3n) is 10.9. The van der Waals surface area contributed by atoms with Gasteiger partial charge >= 0.3 is 17.9 Å². The molecule has 0 aromatic rings. The lowest BCUT2D eigenvalue weighted by Crippen LogP contribution is -2.66. The number of carbonyl (C=O) groups excluding carboxylic acids is 4. The normalized spacial score (nSPS) is 41.1. The molecule has 3 rings (SSSR count). The molecule has 0 unspecified atom stereocenters. The molecular formula is C41H67NO15. The smallest absolute Gasteiger partial charge is 0.309 e. The summed E-state index contributed by atoms with van der Waals surface area (Å²) in [6, 6.07) is -0.779. The lowest BCUT2D eigenvalue weighted by atomic mass is 9.82. The average molecular weight is 814 g/mol. The summed E-state index contributed by atoms with van der Waals surface area (Å²) in [5.74, 6) is -2.82. The fourth-order valence-electron chi connectivity index (χ4n) is 7.82. The SMILES string of the molecule is CCC(=O)O[C@@H]1CC(=O)O[C@H](C)C/C=C/C=C/[C@@H](O)[C@H](C)C[C@H](CC=O)[C@H](O[C@@H]2O[C@H](C)[C@@H](O[C@H]3C[C@@](C)(O)[C@@H](OC(=O)CC)[C@H](C)O3)[C@H](N(C)C)[C@H]2O)[C@H]1OC. The van der Waals surface area contributed by atoms with E-state index in [-0.39, 0.29) is 32.1 Å². The highest BCUT2D eigenvalue weighted by Crippen LogP contribution is 2.37. The Morgan fingerprint density at radius 3 is 2.23 bits per heavy atom. The van der Waals surface area contributed by atoms with Gasteiger partial charge < -0.3 is 62.9 Å². The molecule has 0 aromatic carbocycles. The second kappa shape index (κ2) is 22.5. The van der Waals surface area contributed by atoms with Crippen LogP contribution in [0.2, 0.25) is 0 Å². The fourth-order valence-corrected chi connectivity index (χ4v) is 7.82. The second-order valence-electron chi connectivity index (χ2n) is 16.0. The summed E-state index contributed by atoms with van der Waals surface area (Å²) in [5, 5.41) is 34.5. The number of hydrogen-bond donors (Lipinski definition) is 3. The standard InChI is InChI=1S/C41H67NO15/c1-11-30(45)54-29-21-32(47)51-24(4)16-14-13-15-17-28(44)23(3)20-27(18-19-43)37(38(29)50-10)57-40-35(48)34(42(8)9)36(25(5)53-40)56-33-22-41(7,49)39(26(6)52-33)55-31(46)12-2/h13-15,17,19,23-29,33-40,44,48-49H,11-12,16,18,20-22H2,1-10H3/b14-13+,17-15+/t23-,24-,25-,26+,27+,28-,29-,33+,34-,35-,36-,37+,38+,39+,40+,41-/m1/s1. The molecule has 0 saturated carbocycles. The maximum absolute atomic E-state index is 13.3. The highest BCUT2D eigenvalue weighted by molar-refractivity contribution is 5.72. The Hall–Kier alpha value is -2.80. The van der Waals surface area contributed by atoms with Crippen molar-refractivity contribution in [2.24, 2.45) is 11.8 Å². The predicted molar refractivity (Wildman–Crippen MR) is 205 cm³/mol. The number of likely N-dealkylation sites (N-methyl/N-ethyl adjacent to an activating group) is 1. The summed E-state index contributed by atoms with van der Waals surface area (Å²) in [7, 11) is 4.86. The Bertz CT molecular complexity index is 1350. The lowest BCUT2D eigenvalue weighted by molar-refractivity contribution is -0.344. The molecule has 3 heterocycles. The number of hydrogen-bond acceptors (Lipinski definition) is 16. The molecule has 0 amide bonds. The van der Waals surface area contributed by atoms with Crippen LogP contribution in [0.3, 0.4) is 0 Å². The Morgan fingerprint density at radius 1 is 0.965 bits per heavy atom. The lowest BCUT2D eigenvalue weighted by Gasteiger charge is -2.50. The number of aliphatic hydroxyl groups is 3. The van der Waals surface area contributed by atoms with Gasteiger partial charge in [-0.1, -0.05) is 45.1 Å². The number of methoxy groups -OCH3 is 1. The Labute approximate surface area is 337 Å². The van der Waals surface area contributed by atoms with Gasteiger partial charge in [0.15, 0.2) is 18.7 Å². The molecular weight excluding hydrogens is 746 g/mol. The van der Waals surface area contributed by atoms with Crippen molar-refractivity contribution in [2.45, 2.75) is 179 Å². The molecule has 3 aliphatic rings. The van der Waals surface area contributed by atoms with Crippen LogP contribution < -0.4 is 0 Å². The number of aldehydes is 1. The van der Waals surface area contributed by atoms with Gasteiger partial charge in [0.05, 0.1) is 36.9 Å². The van der Waals surface area contributed by atoms with Crippen molar-refractivity contribution in [3.05, 3.63) is 24.3 Å². The van der Waals surface area contributed by atoms with Gasteiger partial charge in [0.25, 0.3) is 0 Å². The monoisotopic (exact) mass is 813 g/mol. The van der Waals surface area contributed by atoms with Crippen LogP contribution in [0.25, 0.3) is 0 Å². The Morgan fingerprint density at radius 2 is 1.63 bits per heavy atom. The number of allylic oxidation sites excluding steroid dienone is 2. The number of nitrogens with zero attached hydrogens (tertiary/aromatic N) is 1. The van der Waals surface area contributed by atoms with Crippen molar-refractivity contribution in [3.63, 3.8) is 0 Å². The minimum Gasteiger partial charge on any atom is -0.462 e. The van der Waals surface area contributed by atoms with Gasteiger partial charge in [-0.05, 0) is 60.0 Å². The van der Waals surface area contributed by atoms with Crippen LogP contribution in [0, 0.1) is 11.8 Å². The Balaban J connectivity index is 2.01. The molecule has 57 heavy (non-hydrogen) atoms. The molecule has 0 spiro atoms. The van der Waals surface area contributed by atoms with Gasteiger partial charge in [0.2, 0.25) is 0 Å². The molecule has 16 atom stereocenters. The fraction of sp³-hybridized carbons (Fsp3) is 0.805. The highest BCUT2D eigenvalue weighted by Gasteiger charge is 2.53. The van der Waals surface area contributed by atoms with Crippen molar-refractivity contribution in [1.29, 1.82) is 0 Å². The van der Waals surface area contributed by atoms with E-state index < -0.39 is 121 Å². The number of ether oxygens (including phenoxy) is 8. The topological polar surface area (TPSA) is 206 Å². The molecule has 2 saturated heterocycles. The first-order valence-electron chi connectivity index (χ1n) is 20.1. The number of cyclic esters (lactones) is 1. The molecule has 0 aromatic heterocycles. The number of aliphatic hydroxyl groups excluding tert-OH is 2. The van der Waals surface area contributed by atoms with Gasteiger partial charge in [-0.3, -0.25) is 14.4 Å². The molecule has 16 heteroatoms. The third-order valence-corrected chi connectivity index (χ3v) is 10.9. The summed E-state index contributed by atoms with van der Waals surface area (Å²) in [6.07, 6.45) is -4.08. The zero-order valence-corrected chi connectivity index (χ0v) is 35.2. The predicted octanol–water partition coefficient (Wildman–Crippen LogP) is 2.77. The third kappa shape index (κ3) is 13.6. The zero-order chi connectivity index (χ0) is 42.6. The van der Waals surface area contributed by atoms with Gasteiger partial charge in [-0.25, -0.2) is 0 Å². The van der Waals surface area contributed by atoms with Crippen LogP contribution in [-0.2, 0) is 57.1 Å². The summed E-state index contributed by atoms with van der Waals surface area (Å²) < 4.78 is 48.5. The molecule has 0 bridgehead atoms. The Kier molecular flexibility index (Phi) is 19.2. The molecule has 326 valence electrons. The quantitative estimate of drug-likeness (QED) is 0.147. The van der Waals surface area contributed by atoms with E-state index >= 15 is 0 Å². The summed E-state index contributed by atoms with van der Waals surface area (Å²) in [5.41, 5.74) is -1.49. The average Bonchev–Trinajstić information content (AvgIpc) is 3.13. The van der Waals surface area contributed by atoms with Crippen molar-refractivity contribution in [2.75, 3.05) is 21.2 Å². The summed E-state index contributed by atoms with van der Waals surface area (Å²) in [4.78, 5) is 52.3. The maximum atomic E-state index is 13.3. The van der Waals surface area contributed by atoms with Gasteiger partial charge in [-0.15, -0.1) is 0 Å². The molecule has 3 N–H and O–H groups in total. The molecule has 16 nitrogen and oxygen atoms in total. The van der Waals surface area contributed by atoms with Crippen LogP contribution in [-0.4, -0.2) is 151 Å². The van der Waals surface area contributed by atoms with Crippen molar-refractivity contribution in [3.8, 4) is 0 Å². The van der Waals surface area contributed by atoms with Crippen molar-refractivity contribution < 1.29 is 72.4 Å². The van der Waals surface area contributed by atoms with E-state index in [4.69, 9.17) is 37.9 Å². The molecule has 3 aliphatic heterocycles. The molecule has 0 radical (unpaired) electrons. The van der Waals surface area contributed by atoms with Crippen LogP contribution in [0.5, 0.6) is 0 Å². The number of esters is 3. The van der Waals surface area contributed by atoms with Crippen LogP contribution in [0.4, 0.5) is 0 Å². The van der Waals surface area contributed by atoms with Gasteiger partial charge in [-0.2, -0.15) is 0 Å². The van der Waals surface area contributed by atoms with Gasteiger partial charge in [0, 0.05) is 39.2 Å². The minimum atomic E-state index is -1.49. The summed E-state index contributed by atoms with van der Waals surface area (Å²) >= 11 is 0. The van der Waals surface area contributed by atoms with Crippen LogP contribution in [0.1, 0.15) is 93.4 Å². The van der Waals surface area contributed by atoms with Crippen LogP contribution >= 0.6 is 0 Å².